The number of benzene rings is 2. The first-order valence-electron chi connectivity index (χ1n) is 10.4. The van der Waals surface area contributed by atoms with Crippen LogP contribution in [0.15, 0.2) is 42.5 Å². The lowest BCUT2D eigenvalue weighted by atomic mass is 9.86. The van der Waals surface area contributed by atoms with Crippen LogP contribution in [0.4, 0.5) is 0 Å². The van der Waals surface area contributed by atoms with E-state index in [1.165, 1.54) is 5.56 Å². The second kappa shape index (κ2) is 8.98. The molecule has 0 radical (unpaired) electrons. The standard InChI is InChI=1S/C24H24N4O2/c25-12-17-3-6-19(7-4-17)24(29)27-9-1-2-10-28-14-20-16-30-23-8-5-18(13-26)11-21(23)22(20)15-28/h3-8,11,20,22H,1-2,9-10,14-16H2,(H,27,29)/t20-,22+/m0/s1. The van der Waals surface area contributed by atoms with Crippen LogP contribution in [0.25, 0.3) is 0 Å². The van der Waals surface area contributed by atoms with Crippen LogP contribution in [0.3, 0.4) is 0 Å². The molecule has 2 aliphatic heterocycles. The van der Waals surface area contributed by atoms with Gasteiger partial charge in [0.1, 0.15) is 5.75 Å². The third-order valence-corrected chi connectivity index (χ3v) is 5.97. The monoisotopic (exact) mass is 400 g/mol. The number of likely N-dealkylation sites (tertiary alicyclic amines) is 1. The molecule has 2 aromatic carbocycles. The zero-order valence-electron chi connectivity index (χ0n) is 16.8. The van der Waals surface area contributed by atoms with Crippen LogP contribution in [0.1, 0.15) is 45.8 Å². The molecular formula is C24H24N4O2. The van der Waals surface area contributed by atoms with Gasteiger partial charge in [0.05, 0.1) is 29.9 Å². The van der Waals surface area contributed by atoms with Crippen molar-refractivity contribution >= 4 is 5.91 Å². The number of carbonyl (C=O) groups excluding carboxylic acids is 1. The Balaban J connectivity index is 1.22. The van der Waals surface area contributed by atoms with Gasteiger partial charge in [-0.1, -0.05) is 0 Å². The highest BCUT2D eigenvalue weighted by molar-refractivity contribution is 5.94. The molecule has 2 aromatic rings. The second-order valence-corrected chi connectivity index (χ2v) is 7.95. The molecule has 6 heteroatoms. The molecule has 2 atom stereocenters. The molecule has 1 amide bonds. The van der Waals surface area contributed by atoms with Gasteiger partial charge < -0.3 is 15.0 Å². The molecule has 2 heterocycles. The Morgan fingerprint density at radius 1 is 1.07 bits per heavy atom. The minimum atomic E-state index is -0.103. The summed E-state index contributed by atoms with van der Waals surface area (Å²) in [4.78, 5) is 14.6. The van der Waals surface area contributed by atoms with E-state index in [0.29, 0.717) is 35.1 Å². The molecule has 1 fully saturated rings. The van der Waals surface area contributed by atoms with Crippen LogP contribution in [0.5, 0.6) is 5.75 Å². The summed E-state index contributed by atoms with van der Waals surface area (Å²) in [5.74, 6) is 1.72. The molecule has 0 saturated carbocycles. The minimum Gasteiger partial charge on any atom is -0.493 e. The number of carbonyl (C=O) groups is 1. The molecule has 6 nitrogen and oxygen atoms in total. The van der Waals surface area contributed by atoms with Crippen LogP contribution < -0.4 is 10.1 Å². The number of amides is 1. The fraction of sp³-hybridized carbons (Fsp3) is 0.375. The van der Waals surface area contributed by atoms with E-state index in [0.717, 1.165) is 44.8 Å². The van der Waals surface area contributed by atoms with Gasteiger partial charge in [0.15, 0.2) is 0 Å². The Morgan fingerprint density at radius 2 is 1.83 bits per heavy atom. The van der Waals surface area contributed by atoms with Crippen molar-refractivity contribution in [2.24, 2.45) is 5.92 Å². The van der Waals surface area contributed by atoms with E-state index in [-0.39, 0.29) is 5.91 Å². The highest BCUT2D eigenvalue weighted by Gasteiger charge is 2.38. The summed E-state index contributed by atoms with van der Waals surface area (Å²) in [6, 6.07) is 16.7. The smallest absolute Gasteiger partial charge is 0.251 e. The summed E-state index contributed by atoms with van der Waals surface area (Å²) >= 11 is 0. The first-order chi connectivity index (χ1) is 14.7. The lowest BCUT2D eigenvalue weighted by Gasteiger charge is -2.27. The average Bonchev–Trinajstić information content (AvgIpc) is 3.22. The predicted molar refractivity (Wildman–Crippen MR) is 112 cm³/mol. The molecule has 0 bridgehead atoms. The highest BCUT2D eigenvalue weighted by Crippen LogP contribution is 2.41. The molecule has 0 aliphatic carbocycles. The van der Waals surface area contributed by atoms with Crippen molar-refractivity contribution in [2.75, 3.05) is 32.8 Å². The van der Waals surface area contributed by atoms with Gasteiger partial charge in [-0.05, 0) is 61.9 Å². The molecule has 152 valence electrons. The predicted octanol–water partition coefficient (Wildman–Crippen LogP) is 3.05. The number of hydrogen-bond acceptors (Lipinski definition) is 5. The first kappa shape index (κ1) is 19.9. The Morgan fingerprint density at radius 3 is 2.60 bits per heavy atom. The second-order valence-electron chi connectivity index (χ2n) is 7.95. The quantitative estimate of drug-likeness (QED) is 0.753. The van der Waals surface area contributed by atoms with E-state index in [4.69, 9.17) is 10.00 Å². The van der Waals surface area contributed by atoms with Gasteiger partial charge in [-0.2, -0.15) is 10.5 Å². The molecule has 30 heavy (non-hydrogen) atoms. The number of nitrogens with one attached hydrogen (secondary N) is 1. The van der Waals surface area contributed by atoms with Crippen molar-refractivity contribution in [3.05, 3.63) is 64.7 Å². The van der Waals surface area contributed by atoms with Gasteiger partial charge in [0.25, 0.3) is 5.91 Å². The normalized spacial score (nSPS) is 19.7. The van der Waals surface area contributed by atoms with Crippen LogP contribution in [0.2, 0.25) is 0 Å². The van der Waals surface area contributed by atoms with Crippen LogP contribution in [-0.4, -0.2) is 43.6 Å². The van der Waals surface area contributed by atoms with E-state index < -0.39 is 0 Å². The van der Waals surface area contributed by atoms with Crippen LogP contribution in [0, 0.1) is 28.6 Å². The number of nitriles is 2. The van der Waals surface area contributed by atoms with Crippen molar-refractivity contribution in [3.8, 4) is 17.9 Å². The number of unbranched alkanes of at least 4 members (excludes halogenated alkanes) is 1. The molecule has 4 rings (SSSR count). The SMILES string of the molecule is N#Cc1ccc(C(=O)NCCCCN2C[C@H]3COc4ccc(C#N)cc4[C@@H]3C2)cc1. The maximum absolute atomic E-state index is 12.2. The van der Waals surface area contributed by atoms with Gasteiger partial charge in [-0.15, -0.1) is 0 Å². The van der Waals surface area contributed by atoms with E-state index in [1.54, 1.807) is 24.3 Å². The largest absolute Gasteiger partial charge is 0.493 e. The van der Waals surface area contributed by atoms with Crippen LogP contribution in [-0.2, 0) is 0 Å². The van der Waals surface area contributed by atoms with Gasteiger partial charge in [0.2, 0.25) is 0 Å². The molecule has 0 unspecified atom stereocenters. The van der Waals surface area contributed by atoms with E-state index in [9.17, 15) is 10.1 Å². The highest BCUT2D eigenvalue weighted by atomic mass is 16.5. The number of ether oxygens (including phenoxy) is 1. The number of hydrogen-bond donors (Lipinski definition) is 1. The topological polar surface area (TPSA) is 89.2 Å². The third-order valence-electron chi connectivity index (χ3n) is 5.97. The molecular weight excluding hydrogens is 376 g/mol. The van der Waals surface area contributed by atoms with E-state index in [2.05, 4.69) is 22.4 Å². The molecule has 1 N–H and O–H groups in total. The summed E-state index contributed by atoms with van der Waals surface area (Å²) in [5.41, 5.74) is 2.99. The number of nitrogens with zero attached hydrogens (tertiary/aromatic N) is 3. The lowest BCUT2D eigenvalue weighted by molar-refractivity contribution is 0.0952. The minimum absolute atomic E-state index is 0.103. The molecule has 1 saturated heterocycles. The van der Waals surface area contributed by atoms with Crippen molar-refractivity contribution in [1.29, 1.82) is 10.5 Å². The van der Waals surface area contributed by atoms with Crippen molar-refractivity contribution in [3.63, 3.8) is 0 Å². The van der Waals surface area contributed by atoms with E-state index in [1.807, 2.05) is 18.2 Å². The Labute approximate surface area is 176 Å². The van der Waals surface area contributed by atoms with Crippen molar-refractivity contribution in [2.45, 2.75) is 18.8 Å². The summed E-state index contributed by atoms with van der Waals surface area (Å²) in [7, 11) is 0. The van der Waals surface area contributed by atoms with E-state index >= 15 is 0 Å². The number of fused-ring (bicyclic) bond motifs is 3. The maximum Gasteiger partial charge on any atom is 0.251 e. The molecule has 0 aromatic heterocycles. The fourth-order valence-electron chi connectivity index (χ4n) is 4.36. The summed E-state index contributed by atoms with van der Waals surface area (Å²) in [6.45, 7) is 4.37. The maximum atomic E-state index is 12.2. The Bertz CT molecular complexity index is 1000. The lowest BCUT2D eigenvalue weighted by Crippen LogP contribution is -2.27. The summed E-state index contributed by atoms with van der Waals surface area (Å²) in [5, 5.41) is 21.0. The van der Waals surface area contributed by atoms with Gasteiger partial charge >= 0.3 is 0 Å². The molecule has 2 aliphatic rings. The Hall–Kier alpha value is -3.35. The molecule has 0 spiro atoms. The fourth-order valence-corrected chi connectivity index (χ4v) is 4.36. The zero-order chi connectivity index (χ0) is 20.9. The average molecular weight is 400 g/mol. The zero-order valence-corrected chi connectivity index (χ0v) is 16.8. The first-order valence-corrected chi connectivity index (χ1v) is 10.4. The van der Waals surface area contributed by atoms with Gasteiger partial charge in [0, 0.05) is 42.6 Å². The van der Waals surface area contributed by atoms with Crippen LogP contribution >= 0.6 is 0 Å². The number of rotatable bonds is 6. The van der Waals surface area contributed by atoms with Gasteiger partial charge in [-0.25, -0.2) is 0 Å². The van der Waals surface area contributed by atoms with Crippen molar-refractivity contribution < 1.29 is 9.53 Å². The summed E-state index contributed by atoms with van der Waals surface area (Å²) in [6.07, 6.45) is 1.93. The van der Waals surface area contributed by atoms with Crippen molar-refractivity contribution in [1.82, 2.24) is 10.2 Å². The summed E-state index contributed by atoms with van der Waals surface area (Å²) < 4.78 is 5.91. The van der Waals surface area contributed by atoms with Gasteiger partial charge in [-0.3, -0.25) is 4.79 Å². The third kappa shape index (κ3) is 4.30. The Kier molecular flexibility index (Phi) is 5.97.